The second-order valence-electron chi connectivity index (χ2n) is 5.09. The lowest BCUT2D eigenvalue weighted by Gasteiger charge is -2.29. The largest absolute Gasteiger partial charge is 0.493 e. The summed E-state index contributed by atoms with van der Waals surface area (Å²) in [6, 6.07) is 0.101. The van der Waals surface area contributed by atoms with E-state index in [0.29, 0.717) is 24.6 Å². The van der Waals surface area contributed by atoms with Gasteiger partial charge in [0.1, 0.15) is 11.8 Å². The number of carbonyl (C=O) groups excluding carboxylic acids is 1. The average molecular weight is 267 g/mol. The second kappa shape index (κ2) is 5.71. The van der Waals surface area contributed by atoms with E-state index in [1.165, 1.54) is 0 Å². The van der Waals surface area contributed by atoms with Crippen LogP contribution in [0.3, 0.4) is 0 Å². The summed E-state index contributed by atoms with van der Waals surface area (Å²) >= 11 is 0. The fourth-order valence-electron chi connectivity index (χ4n) is 2.21. The molecule has 6 heteroatoms. The first-order valence-corrected chi connectivity index (χ1v) is 6.50. The molecular formula is C13H21N3O3. The van der Waals surface area contributed by atoms with Crippen molar-refractivity contribution in [3.05, 3.63) is 11.9 Å². The first kappa shape index (κ1) is 14.0. The normalized spacial score (nSPS) is 20.8. The summed E-state index contributed by atoms with van der Waals surface area (Å²) in [5.41, 5.74) is 0.498. The van der Waals surface area contributed by atoms with Gasteiger partial charge in [-0.05, 0) is 20.9 Å². The van der Waals surface area contributed by atoms with Crippen molar-refractivity contribution in [3.8, 4) is 5.75 Å². The van der Waals surface area contributed by atoms with Gasteiger partial charge >= 0.3 is 0 Å². The van der Waals surface area contributed by atoms with Gasteiger partial charge in [0, 0.05) is 19.1 Å². The van der Waals surface area contributed by atoms with Crippen molar-refractivity contribution in [1.82, 2.24) is 14.7 Å². The molecule has 1 saturated heterocycles. The molecule has 0 radical (unpaired) electrons. The number of likely N-dealkylation sites (N-methyl/N-ethyl adjacent to an activating group) is 1. The van der Waals surface area contributed by atoms with E-state index >= 15 is 0 Å². The van der Waals surface area contributed by atoms with Crippen LogP contribution in [-0.2, 0) is 4.74 Å². The van der Waals surface area contributed by atoms with Crippen LogP contribution in [0.4, 0.5) is 0 Å². The van der Waals surface area contributed by atoms with Crippen molar-refractivity contribution in [3.63, 3.8) is 0 Å². The molecule has 1 aromatic heterocycles. The average Bonchev–Trinajstić information content (AvgIpc) is 2.81. The number of carbonyl (C=O) groups is 1. The first-order chi connectivity index (χ1) is 9.04. The Morgan fingerprint density at radius 1 is 1.58 bits per heavy atom. The van der Waals surface area contributed by atoms with Gasteiger partial charge in [-0.1, -0.05) is 0 Å². The molecule has 1 atom stereocenters. The third-order valence-corrected chi connectivity index (χ3v) is 3.27. The summed E-state index contributed by atoms with van der Waals surface area (Å²) in [6.07, 6.45) is 1.14. The summed E-state index contributed by atoms with van der Waals surface area (Å²) in [5, 5.41) is 4.22. The van der Waals surface area contributed by atoms with E-state index in [2.05, 4.69) is 10.00 Å². The van der Waals surface area contributed by atoms with Gasteiger partial charge in [0.05, 0.1) is 19.9 Å². The highest BCUT2D eigenvalue weighted by atomic mass is 16.5. The molecule has 1 unspecified atom stereocenters. The Balaban J connectivity index is 2.29. The maximum absolute atomic E-state index is 12.6. The van der Waals surface area contributed by atoms with E-state index in [0.717, 1.165) is 6.54 Å². The molecule has 0 N–H and O–H groups in total. The minimum absolute atomic E-state index is 0.0606. The predicted octanol–water partition coefficient (Wildman–Crippen LogP) is 0.986. The van der Waals surface area contributed by atoms with E-state index in [9.17, 15) is 4.79 Å². The van der Waals surface area contributed by atoms with Gasteiger partial charge in [-0.3, -0.25) is 9.48 Å². The molecule has 0 amide bonds. The summed E-state index contributed by atoms with van der Waals surface area (Å²) < 4.78 is 12.5. The van der Waals surface area contributed by atoms with Gasteiger partial charge < -0.3 is 14.4 Å². The molecule has 19 heavy (non-hydrogen) atoms. The van der Waals surface area contributed by atoms with Gasteiger partial charge in [0.15, 0.2) is 5.75 Å². The third kappa shape index (κ3) is 2.79. The van der Waals surface area contributed by atoms with Crippen LogP contribution >= 0.6 is 0 Å². The van der Waals surface area contributed by atoms with Crippen molar-refractivity contribution in [1.29, 1.82) is 0 Å². The van der Waals surface area contributed by atoms with Crippen molar-refractivity contribution in [2.45, 2.75) is 26.0 Å². The predicted molar refractivity (Wildman–Crippen MR) is 70.7 cm³/mol. The molecule has 106 valence electrons. The van der Waals surface area contributed by atoms with Crippen molar-refractivity contribution < 1.29 is 14.3 Å². The van der Waals surface area contributed by atoms with E-state index in [-0.39, 0.29) is 11.8 Å². The van der Waals surface area contributed by atoms with Crippen LogP contribution < -0.4 is 4.74 Å². The maximum atomic E-state index is 12.6. The Bertz CT molecular complexity index is 456. The number of hydrogen-bond donors (Lipinski definition) is 0. The number of ketones is 1. The van der Waals surface area contributed by atoms with Crippen LogP contribution in [0, 0.1) is 0 Å². The summed E-state index contributed by atoms with van der Waals surface area (Å²) in [6.45, 7) is 5.99. The minimum atomic E-state index is -0.443. The highest BCUT2D eigenvalue weighted by Gasteiger charge is 2.31. The molecule has 0 aromatic carbocycles. The highest BCUT2D eigenvalue weighted by Crippen LogP contribution is 2.24. The number of aromatic nitrogens is 2. The number of nitrogens with zero attached hydrogens (tertiary/aromatic N) is 3. The Hall–Kier alpha value is -1.40. The number of methoxy groups -OCH3 is 1. The molecule has 0 saturated carbocycles. The molecule has 0 spiro atoms. The smallest absolute Gasteiger partial charge is 0.214 e. The lowest BCUT2D eigenvalue weighted by Crippen LogP contribution is -2.44. The van der Waals surface area contributed by atoms with Gasteiger partial charge in [-0.15, -0.1) is 0 Å². The van der Waals surface area contributed by atoms with E-state index in [1.807, 2.05) is 20.9 Å². The molecule has 1 aliphatic heterocycles. The van der Waals surface area contributed by atoms with Crippen LogP contribution in [0.2, 0.25) is 0 Å². The third-order valence-electron chi connectivity index (χ3n) is 3.27. The van der Waals surface area contributed by atoms with E-state index < -0.39 is 6.10 Å². The van der Waals surface area contributed by atoms with Crippen molar-refractivity contribution >= 4 is 5.78 Å². The molecule has 0 bridgehead atoms. The monoisotopic (exact) mass is 267 g/mol. The quantitative estimate of drug-likeness (QED) is 0.761. The zero-order chi connectivity index (χ0) is 14.0. The fraction of sp³-hybridized carbons (Fsp3) is 0.692. The van der Waals surface area contributed by atoms with Crippen LogP contribution in [-0.4, -0.2) is 60.4 Å². The minimum Gasteiger partial charge on any atom is -0.493 e. The molecule has 2 rings (SSSR count). The number of hydrogen-bond acceptors (Lipinski definition) is 5. The molecular weight excluding hydrogens is 246 g/mol. The SMILES string of the molecule is COc1cnn(C(C)C)c1C(=O)C1CN(C)CCO1. The van der Waals surface area contributed by atoms with Crippen molar-refractivity contribution in [2.75, 3.05) is 33.9 Å². The van der Waals surface area contributed by atoms with Crippen molar-refractivity contribution in [2.24, 2.45) is 0 Å². The number of ether oxygens (including phenoxy) is 2. The van der Waals surface area contributed by atoms with Gasteiger partial charge in [0.2, 0.25) is 5.78 Å². The number of rotatable bonds is 4. The zero-order valence-corrected chi connectivity index (χ0v) is 11.9. The van der Waals surface area contributed by atoms with Crippen LogP contribution in [0.25, 0.3) is 0 Å². The zero-order valence-electron chi connectivity index (χ0n) is 11.9. The Labute approximate surface area is 113 Å². The summed E-state index contributed by atoms with van der Waals surface area (Å²) in [4.78, 5) is 14.7. The topological polar surface area (TPSA) is 56.6 Å². The highest BCUT2D eigenvalue weighted by molar-refractivity contribution is 6.00. The van der Waals surface area contributed by atoms with E-state index in [4.69, 9.17) is 9.47 Å². The lowest BCUT2D eigenvalue weighted by molar-refractivity contribution is -0.00937. The second-order valence-corrected chi connectivity index (χ2v) is 5.09. The summed E-state index contributed by atoms with van der Waals surface area (Å²) in [7, 11) is 3.53. The number of morpholine rings is 1. The molecule has 2 heterocycles. The Kier molecular flexibility index (Phi) is 4.21. The summed E-state index contributed by atoms with van der Waals surface area (Å²) in [5.74, 6) is 0.449. The molecule has 6 nitrogen and oxygen atoms in total. The molecule has 0 aliphatic carbocycles. The molecule has 1 fully saturated rings. The number of Topliss-reactive ketones (excluding diaryl/α,β-unsaturated/α-hetero) is 1. The van der Waals surface area contributed by atoms with Crippen LogP contribution in [0.5, 0.6) is 5.75 Å². The maximum Gasteiger partial charge on any atom is 0.214 e. The van der Waals surface area contributed by atoms with Crippen LogP contribution in [0.15, 0.2) is 6.20 Å². The van der Waals surface area contributed by atoms with Gasteiger partial charge in [0.25, 0.3) is 0 Å². The van der Waals surface area contributed by atoms with Gasteiger partial charge in [-0.25, -0.2) is 0 Å². The lowest BCUT2D eigenvalue weighted by atomic mass is 10.1. The molecule has 1 aromatic rings. The Morgan fingerprint density at radius 3 is 2.89 bits per heavy atom. The van der Waals surface area contributed by atoms with Gasteiger partial charge in [-0.2, -0.15) is 5.10 Å². The first-order valence-electron chi connectivity index (χ1n) is 6.50. The van der Waals surface area contributed by atoms with E-state index in [1.54, 1.807) is 18.0 Å². The fourth-order valence-corrected chi connectivity index (χ4v) is 2.21. The Morgan fingerprint density at radius 2 is 2.32 bits per heavy atom. The van der Waals surface area contributed by atoms with Crippen LogP contribution in [0.1, 0.15) is 30.4 Å². The standard InChI is InChI=1S/C13H21N3O3/c1-9(2)16-12(10(18-4)7-14-16)13(17)11-8-15(3)5-6-19-11/h7,9,11H,5-6,8H2,1-4H3. The molecule has 1 aliphatic rings.